The Balaban J connectivity index is 2.18. The van der Waals surface area contributed by atoms with Crippen LogP contribution in [0, 0.1) is 12.3 Å². The van der Waals surface area contributed by atoms with E-state index in [0.29, 0.717) is 25.5 Å². The first-order chi connectivity index (χ1) is 9.65. The van der Waals surface area contributed by atoms with Crippen LogP contribution in [0.2, 0.25) is 0 Å². The maximum absolute atomic E-state index is 7.37. The van der Waals surface area contributed by atoms with Gasteiger partial charge < -0.3 is 10.6 Å². The smallest absolute Gasteiger partial charge is 0.225 e. The first-order valence-corrected chi connectivity index (χ1v) is 6.41. The van der Waals surface area contributed by atoms with E-state index in [-0.39, 0.29) is 5.84 Å². The highest BCUT2D eigenvalue weighted by Gasteiger charge is 2.11. The van der Waals surface area contributed by atoms with Crippen molar-refractivity contribution in [3.8, 4) is 0 Å². The zero-order chi connectivity index (χ0) is 14.4. The average molecular weight is 270 g/mol. The molecule has 0 bridgehead atoms. The summed E-state index contributed by atoms with van der Waals surface area (Å²) in [5.74, 6) is 0.809. The molecule has 2 heterocycles. The van der Waals surface area contributed by atoms with Crippen LogP contribution in [0.5, 0.6) is 0 Å². The Morgan fingerprint density at radius 3 is 2.85 bits per heavy atom. The van der Waals surface area contributed by atoms with Crippen LogP contribution < -0.4 is 10.6 Å². The van der Waals surface area contributed by atoms with Crippen LogP contribution >= 0.6 is 0 Å². The maximum atomic E-state index is 7.37. The Hall–Kier alpha value is -2.50. The summed E-state index contributed by atoms with van der Waals surface area (Å²) in [4.78, 5) is 14.8. The van der Waals surface area contributed by atoms with Crippen LogP contribution in [0.1, 0.15) is 17.7 Å². The van der Waals surface area contributed by atoms with E-state index in [1.165, 1.54) is 0 Å². The van der Waals surface area contributed by atoms with Gasteiger partial charge in [0.25, 0.3) is 0 Å². The standard InChI is InChI=1S/C14H18N6/c1-11-4-7-18-14(19-11)20(8-5-13(15)16)10-12-3-2-6-17-9-12/h2-4,6-7,9H,5,8,10H2,1H3,(H3,15,16). The van der Waals surface area contributed by atoms with Gasteiger partial charge in [-0.15, -0.1) is 0 Å². The molecule has 0 aliphatic heterocycles. The van der Waals surface area contributed by atoms with Crippen molar-refractivity contribution in [2.24, 2.45) is 5.73 Å². The highest BCUT2D eigenvalue weighted by atomic mass is 15.2. The van der Waals surface area contributed by atoms with Crippen molar-refractivity contribution in [2.45, 2.75) is 19.9 Å². The van der Waals surface area contributed by atoms with Crippen molar-refractivity contribution in [1.82, 2.24) is 15.0 Å². The lowest BCUT2D eigenvalue weighted by molar-refractivity contribution is 0.762. The Morgan fingerprint density at radius 1 is 1.35 bits per heavy atom. The summed E-state index contributed by atoms with van der Waals surface area (Å²) in [6.07, 6.45) is 5.78. The van der Waals surface area contributed by atoms with E-state index in [2.05, 4.69) is 15.0 Å². The summed E-state index contributed by atoms with van der Waals surface area (Å²) in [7, 11) is 0. The minimum atomic E-state index is 0.161. The third-order valence-electron chi connectivity index (χ3n) is 2.81. The second-order valence-electron chi connectivity index (χ2n) is 4.56. The van der Waals surface area contributed by atoms with Gasteiger partial charge in [-0.05, 0) is 24.6 Å². The third-order valence-corrected chi connectivity index (χ3v) is 2.81. The van der Waals surface area contributed by atoms with Crippen LogP contribution in [0.4, 0.5) is 5.95 Å². The highest BCUT2D eigenvalue weighted by molar-refractivity contribution is 5.77. The van der Waals surface area contributed by atoms with E-state index < -0.39 is 0 Å². The van der Waals surface area contributed by atoms with Gasteiger partial charge in [-0.25, -0.2) is 9.97 Å². The molecular formula is C14H18N6. The van der Waals surface area contributed by atoms with Gasteiger partial charge in [-0.2, -0.15) is 0 Å². The van der Waals surface area contributed by atoms with Crippen LogP contribution in [0.25, 0.3) is 0 Å². The first-order valence-electron chi connectivity index (χ1n) is 6.41. The largest absolute Gasteiger partial charge is 0.388 e. The summed E-state index contributed by atoms with van der Waals surface area (Å²) in [6, 6.07) is 5.76. The highest BCUT2D eigenvalue weighted by Crippen LogP contribution is 2.12. The van der Waals surface area contributed by atoms with Crippen molar-refractivity contribution in [1.29, 1.82) is 5.41 Å². The van der Waals surface area contributed by atoms with Crippen LogP contribution in [0.3, 0.4) is 0 Å². The predicted octanol–water partition coefficient (Wildman–Crippen LogP) is 1.51. The first kappa shape index (κ1) is 13.9. The number of nitrogens with one attached hydrogen (secondary N) is 1. The van der Waals surface area contributed by atoms with Crippen LogP contribution in [-0.2, 0) is 6.54 Å². The molecule has 20 heavy (non-hydrogen) atoms. The monoisotopic (exact) mass is 270 g/mol. The molecule has 3 N–H and O–H groups in total. The second-order valence-corrected chi connectivity index (χ2v) is 4.56. The van der Waals surface area contributed by atoms with Crippen LogP contribution in [-0.4, -0.2) is 27.3 Å². The number of nitrogens with zero attached hydrogens (tertiary/aromatic N) is 4. The summed E-state index contributed by atoms with van der Waals surface area (Å²) >= 11 is 0. The topological polar surface area (TPSA) is 91.8 Å². The Morgan fingerprint density at radius 2 is 2.20 bits per heavy atom. The molecule has 0 atom stereocenters. The molecule has 0 aliphatic rings. The number of hydrogen-bond donors (Lipinski definition) is 2. The minimum Gasteiger partial charge on any atom is -0.388 e. The molecule has 2 rings (SSSR count). The summed E-state index contributed by atoms with van der Waals surface area (Å²) < 4.78 is 0. The predicted molar refractivity (Wildman–Crippen MR) is 78.6 cm³/mol. The van der Waals surface area contributed by atoms with Gasteiger partial charge in [0.2, 0.25) is 5.95 Å². The number of aryl methyl sites for hydroxylation is 1. The second kappa shape index (κ2) is 6.60. The molecule has 6 nitrogen and oxygen atoms in total. The van der Waals surface area contributed by atoms with E-state index >= 15 is 0 Å². The summed E-state index contributed by atoms with van der Waals surface area (Å²) in [5, 5.41) is 7.37. The average Bonchev–Trinajstić information content (AvgIpc) is 2.44. The third kappa shape index (κ3) is 4.01. The fraction of sp³-hybridized carbons (Fsp3) is 0.286. The molecule has 2 aromatic rings. The quantitative estimate of drug-likeness (QED) is 0.613. The van der Waals surface area contributed by atoms with Gasteiger partial charge in [-0.3, -0.25) is 10.4 Å². The molecule has 2 aromatic heterocycles. The molecule has 0 saturated heterocycles. The molecule has 0 amide bonds. The molecule has 0 saturated carbocycles. The molecule has 0 aliphatic carbocycles. The minimum absolute atomic E-state index is 0.161. The molecule has 0 radical (unpaired) electrons. The van der Waals surface area contributed by atoms with Crippen molar-refractivity contribution in [3.63, 3.8) is 0 Å². The number of anilines is 1. The van der Waals surface area contributed by atoms with Crippen molar-refractivity contribution in [3.05, 3.63) is 48.0 Å². The molecule has 0 aromatic carbocycles. The van der Waals surface area contributed by atoms with Crippen molar-refractivity contribution in [2.75, 3.05) is 11.4 Å². The van der Waals surface area contributed by atoms with E-state index in [4.69, 9.17) is 11.1 Å². The lowest BCUT2D eigenvalue weighted by Crippen LogP contribution is -2.29. The lowest BCUT2D eigenvalue weighted by Gasteiger charge is -2.22. The summed E-state index contributed by atoms with van der Waals surface area (Å²) in [5.41, 5.74) is 7.43. The van der Waals surface area contributed by atoms with Gasteiger partial charge >= 0.3 is 0 Å². The Bertz CT molecular complexity index is 569. The molecule has 0 fully saturated rings. The fourth-order valence-electron chi connectivity index (χ4n) is 1.81. The van der Waals surface area contributed by atoms with Crippen molar-refractivity contribution < 1.29 is 0 Å². The fourth-order valence-corrected chi connectivity index (χ4v) is 1.81. The van der Waals surface area contributed by atoms with E-state index in [1.807, 2.05) is 36.2 Å². The zero-order valence-corrected chi connectivity index (χ0v) is 11.5. The summed E-state index contributed by atoms with van der Waals surface area (Å²) in [6.45, 7) is 3.18. The number of aromatic nitrogens is 3. The number of nitrogens with two attached hydrogens (primary N) is 1. The SMILES string of the molecule is Cc1ccnc(N(CCC(=N)N)Cc2cccnc2)n1. The van der Waals surface area contributed by atoms with Crippen LogP contribution in [0.15, 0.2) is 36.8 Å². The number of rotatable bonds is 6. The van der Waals surface area contributed by atoms with E-state index in [9.17, 15) is 0 Å². The van der Waals surface area contributed by atoms with Gasteiger partial charge in [0.15, 0.2) is 0 Å². The molecule has 0 unspecified atom stereocenters. The van der Waals surface area contributed by atoms with Gasteiger partial charge in [0, 0.05) is 43.8 Å². The zero-order valence-electron chi connectivity index (χ0n) is 11.5. The number of amidine groups is 1. The molecule has 6 heteroatoms. The normalized spacial score (nSPS) is 10.2. The molecular weight excluding hydrogens is 252 g/mol. The van der Waals surface area contributed by atoms with Gasteiger partial charge in [-0.1, -0.05) is 6.07 Å². The van der Waals surface area contributed by atoms with Gasteiger partial charge in [0.1, 0.15) is 0 Å². The Labute approximate surface area is 118 Å². The molecule has 104 valence electrons. The van der Waals surface area contributed by atoms with E-state index in [0.717, 1.165) is 11.3 Å². The van der Waals surface area contributed by atoms with Gasteiger partial charge in [0.05, 0.1) is 5.84 Å². The Kier molecular flexibility index (Phi) is 4.60. The van der Waals surface area contributed by atoms with E-state index in [1.54, 1.807) is 12.4 Å². The van der Waals surface area contributed by atoms with Crippen molar-refractivity contribution >= 4 is 11.8 Å². The lowest BCUT2D eigenvalue weighted by atomic mass is 10.2. The molecule has 0 spiro atoms. The number of hydrogen-bond acceptors (Lipinski definition) is 5. The maximum Gasteiger partial charge on any atom is 0.225 e. The number of pyridine rings is 1.